The molecule has 0 aliphatic heterocycles. The van der Waals surface area contributed by atoms with Gasteiger partial charge in [0, 0.05) is 0 Å². The van der Waals surface area contributed by atoms with E-state index in [-0.39, 0.29) is 0 Å². The van der Waals surface area contributed by atoms with Crippen LogP contribution in [0.15, 0.2) is 97.1 Å². The van der Waals surface area contributed by atoms with E-state index >= 15 is 0 Å². The average Bonchev–Trinajstić information content (AvgIpc) is 2.93. The maximum absolute atomic E-state index is 2.28. The molecule has 4 aromatic carbocycles. The van der Waals surface area contributed by atoms with Crippen LogP contribution in [-0.4, -0.2) is 0 Å². The SMILES string of the molecule is CC.CC.CC.CC.Cc1cccc(-c2cccc(-c3cccc(-c4cccc(C)c4)c3)c2)c1. The number of aryl methyl sites for hydroxylation is 2. The smallest absolute Gasteiger partial charge is 0.0178 e. The molecule has 0 heterocycles. The summed E-state index contributed by atoms with van der Waals surface area (Å²) in [5, 5.41) is 0. The lowest BCUT2D eigenvalue weighted by atomic mass is 9.95. The molecule has 0 aromatic heterocycles. The average molecular weight is 455 g/mol. The summed E-state index contributed by atoms with van der Waals surface area (Å²) in [5.74, 6) is 0. The van der Waals surface area contributed by atoms with Gasteiger partial charge in [0.2, 0.25) is 0 Å². The second-order valence-electron chi connectivity index (χ2n) is 6.90. The molecular weight excluding hydrogens is 408 g/mol. The zero-order chi connectivity index (χ0) is 25.9. The molecule has 0 nitrogen and oxygen atoms in total. The predicted octanol–water partition coefficient (Wildman–Crippen LogP) is 11.4. The van der Waals surface area contributed by atoms with Gasteiger partial charge in [-0.3, -0.25) is 0 Å². The largest absolute Gasteiger partial charge is 0.0683 e. The molecule has 0 aliphatic carbocycles. The van der Waals surface area contributed by atoms with Gasteiger partial charge in [-0.25, -0.2) is 0 Å². The van der Waals surface area contributed by atoms with Crippen molar-refractivity contribution in [2.24, 2.45) is 0 Å². The molecule has 0 bridgehead atoms. The Bertz CT molecular complexity index is 970. The van der Waals surface area contributed by atoms with E-state index in [9.17, 15) is 0 Å². The normalized spacial score (nSPS) is 8.88. The molecule has 182 valence electrons. The van der Waals surface area contributed by atoms with E-state index in [1.807, 2.05) is 55.4 Å². The minimum atomic E-state index is 1.25. The van der Waals surface area contributed by atoms with Crippen molar-refractivity contribution in [3.05, 3.63) is 108 Å². The van der Waals surface area contributed by atoms with Gasteiger partial charge < -0.3 is 0 Å². The first-order chi connectivity index (χ1) is 16.7. The molecule has 0 N–H and O–H groups in total. The lowest BCUT2D eigenvalue weighted by molar-refractivity contribution is 1.46. The molecule has 0 amide bonds. The van der Waals surface area contributed by atoms with E-state index in [2.05, 4.69) is 111 Å². The van der Waals surface area contributed by atoms with Gasteiger partial charge in [-0.1, -0.05) is 151 Å². The monoisotopic (exact) mass is 454 g/mol. The van der Waals surface area contributed by atoms with Crippen molar-refractivity contribution in [1.82, 2.24) is 0 Å². The fourth-order valence-corrected chi connectivity index (χ4v) is 3.41. The van der Waals surface area contributed by atoms with Crippen LogP contribution >= 0.6 is 0 Å². The van der Waals surface area contributed by atoms with Gasteiger partial charge in [0.15, 0.2) is 0 Å². The van der Waals surface area contributed by atoms with E-state index in [0.29, 0.717) is 0 Å². The van der Waals surface area contributed by atoms with Crippen molar-refractivity contribution in [2.75, 3.05) is 0 Å². The van der Waals surface area contributed by atoms with E-state index in [1.54, 1.807) is 0 Å². The highest BCUT2D eigenvalue weighted by atomic mass is 14.1. The molecular formula is C34H46. The second-order valence-corrected chi connectivity index (χ2v) is 6.90. The second kappa shape index (κ2) is 18.3. The summed E-state index contributed by atoms with van der Waals surface area (Å²) in [7, 11) is 0. The molecule has 0 saturated heterocycles. The zero-order valence-corrected chi connectivity index (χ0v) is 23.2. The number of rotatable bonds is 3. The maximum Gasteiger partial charge on any atom is -0.0178 e. The molecule has 0 heteroatoms. The first-order valence-electron chi connectivity index (χ1n) is 13.0. The fourth-order valence-electron chi connectivity index (χ4n) is 3.41. The Morgan fingerprint density at radius 3 is 0.735 bits per heavy atom. The molecule has 0 aliphatic rings. The molecule has 0 fully saturated rings. The Kier molecular flexibility index (Phi) is 16.6. The molecule has 0 spiro atoms. The van der Waals surface area contributed by atoms with Crippen molar-refractivity contribution in [3.63, 3.8) is 0 Å². The number of hydrogen-bond donors (Lipinski definition) is 0. The van der Waals surface area contributed by atoms with Crippen molar-refractivity contribution in [3.8, 4) is 33.4 Å². The van der Waals surface area contributed by atoms with Crippen molar-refractivity contribution < 1.29 is 0 Å². The summed E-state index contributed by atoms with van der Waals surface area (Å²) < 4.78 is 0. The Morgan fingerprint density at radius 2 is 0.500 bits per heavy atom. The minimum Gasteiger partial charge on any atom is -0.0683 e. The third kappa shape index (κ3) is 9.40. The molecule has 4 rings (SSSR count). The third-order valence-electron chi connectivity index (χ3n) is 4.76. The summed E-state index contributed by atoms with van der Waals surface area (Å²) in [6.45, 7) is 20.3. The van der Waals surface area contributed by atoms with Crippen molar-refractivity contribution in [1.29, 1.82) is 0 Å². The molecule has 0 radical (unpaired) electrons. The summed E-state index contributed by atoms with van der Waals surface area (Å²) in [6.07, 6.45) is 0. The van der Waals surface area contributed by atoms with Gasteiger partial charge in [-0.2, -0.15) is 0 Å². The Labute approximate surface area is 210 Å². The summed E-state index contributed by atoms with van der Waals surface area (Å²) in [6, 6.07) is 34.9. The van der Waals surface area contributed by atoms with E-state index in [4.69, 9.17) is 0 Å². The Morgan fingerprint density at radius 1 is 0.294 bits per heavy atom. The van der Waals surface area contributed by atoms with Gasteiger partial charge in [0.05, 0.1) is 0 Å². The lowest BCUT2D eigenvalue weighted by Gasteiger charge is -2.09. The maximum atomic E-state index is 2.28. The Hall–Kier alpha value is -3.12. The first kappa shape index (κ1) is 30.9. The van der Waals surface area contributed by atoms with Crippen LogP contribution < -0.4 is 0 Å². The van der Waals surface area contributed by atoms with Gasteiger partial charge >= 0.3 is 0 Å². The van der Waals surface area contributed by atoms with Gasteiger partial charge in [0.1, 0.15) is 0 Å². The fraction of sp³-hybridized carbons (Fsp3) is 0.294. The molecule has 4 aromatic rings. The van der Waals surface area contributed by atoms with Crippen LogP contribution in [0, 0.1) is 13.8 Å². The van der Waals surface area contributed by atoms with Crippen LogP contribution in [0.1, 0.15) is 66.5 Å². The summed E-state index contributed by atoms with van der Waals surface area (Å²) >= 11 is 0. The Balaban J connectivity index is 0.00000124. The first-order valence-corrected chi connectivity index (χ1v) is 13.0. The van der Waals surface area contributed by atoms with Crippen LogP contribution in [0.5, 0.6) is 0 Å². The zero-order valence-electron chi connectivity index (χ0n) is 23.2. The van der Waals surface area contributed by atoms with Crippen LogP contribution in [0.2, 0.25) is 0 Å². The highest BCUT2D eigenvalue weighted by Crippen LogP contribution is 2.30. The van der Waals surface area contributed by atoms with Crippen molar-refractivity contribution in [2.45, 2.75) is 69.2 Å². The standard InChI is InChI=1S/C26H22.4C2H6/c1-19-7-3-9-21(15-19)23-11-5-13-25(17-23)26-14-6-12-24(18-26)22-10-4-8-20(2)16-22;4*1-2/h3-18H,1-2H3;4*1-2H3. The molecule has 0 atom stereocenters. The molecule has 34 heavy (non-hydrogen) atoms. The highest BCUT2D eigenvalue weighted by molar-refractivity contribution is 5.77. The van der Waals surface area contributed by atoms with E-state index < -0.39 is 0 Å². The highest BCUT2D eigenvalue weighted by Gasteiger charge is 2.04. The van der Waals surface area contributed by atoms with Gasteiger partial charge in [-0.15, -0.1) is 0 Å². The third-order valence-corrected chi connectivity index (χ3v) is 4.76. The van der Waals surface area contributed by atoms with Crippen LogP contribution in [0.4, 0.5) is 0 Å². The minimum absolute atomic E-state index is 1.25. The van der Waals surface area contributed by atoms with Crippen LogP contribution in [0.3, 0.4) is 0 Å². The lowest BCUT2D eigenvalue weighted by Crippen LogP contribution is -1.84. The summed E-state index contributed by atoms with van der Waals surface area (Å²) in [4.78, 5) is 0. The summed E-state index contributed by atoms with van der Waals surface area (Å²) in [5.41, 5.74) is 10.1. The number of benzene rings is 4. The van der Waals surface area contributed by atoms with Crippen LogP contribution in [0.25, 0.3) is 33.4 Å². The quantitative estimate of drug-likeness (QED) is 0.289. The van der Waals surface area contributed by atoms with Gasteiger partial charge in [-0.05, 0) is 59.4 Å². The predicted molar refractivity (Wildman–Crippen MR) is 158 cm³/mol. The van der Waals surface area contributed by atoms with E-state index in [1.165, 1.54) is 44.5 Å². The van der Waals surface area contributed by atoms with Crippen molar-refractivity contribution >= 4 is 0 Å². The van der Waals surface area contributed by atoms with Crippen LogP contribution in [-0.2, 0) is 0 Å². The number of hydrogen-bond acceptors (Lipinski definition) is 0. The van der Waals surface area contributed by atoms with Gasteiger partial charge in [0.25, 0.3) is 0 Å². The molecule has 0 saturated carbocycles. The molecule has 0 unspecified atom stereocenters. The topological polar surface area (TPSA) is 0 Å². The van der Waals surface area contributed by atoms with E-state index in [0.717, 1.165) is 0 Å².